The maximum atomic E-state index is 5.21. The van der Waals surface area contributed by atoms with Gasteiger partial charge in [-0.3, -0.25) is 0 Å². The normalized spacial score (nSPS) is 12.1. The van der Waals surface area contributed by atoms with Crippen LogP contribution in [0.4, 0.5) is 0 Å². The molecule has 0 spiro atoms. The van der Waals surface area contributed by atoms with Crippen molar-refractivity contribution in [1.29, 1.82) is 0 Å². The summed E-state index contributed by atoms with van der Waals surface area (Å²) >= 11 is 1.67. The number of hydrogen-bond donors (Lipinski definition) is 0. The zero-order valence-corrected chi connectivity index (χ0v) is 16.7. The Bertz CT molecular complexity index is 1070. The Morgan fingerprint density at radius 3 is 2.61 bits per heavy atom. The zero-order chi connectivity index (χ0) is 19.5. The second-order valence-electron chi connectivity index (χ2n) is 6.36. The third-order valence-corrected chi connectivity index (χ3v) is 5.64. The molecule has 4 rings (SSSR count). The van der Waals surface area contributed by atoms with Gasteiger partial charge in [-0.05, 0) is 48.9 Å². The van der Waals surface area contributed by atoms with Crippen LogP contribution in [0.2, 0.25) is 0 Å². The number of ether oxygens (including phenoxy) is 1. The molecule has 0 amide bonds. The fourth-order valence-electron chi connectivity index (χ4n) is 2.81. The van der Waals surface area contributed by atoms with Crippen LogP contribution in [0.3, 0.4) is 0 Å². The van der Waals surface area contributed by atoms with Crippen molar-refractivity contribution in [3.63, 3.8) is 0 Å². The van der Waals surface area contributed by atoms with E-state index in [9.17, 15) is 0 Å². The van der Waals surface area contributed by atoms with Gasteiger partial charge in [-0.25, -0.2) is 4.68 Å². The van der Waals surface area contributed by atoms with Crippen molar-refractivity contribution in [3.8, 4) is 22.7 Å². The lowest BCUT2D eigenvalue weighted by Crippen LogP contribution is -1.98. The lowest BCUT2D eigenvalue weighted by atomic mass is 10.1. The van der Waals surface area contributed by atoms with Gasteiger partial charge < -0.3 is 9.30 Å². The smallest absolute Gasteiger partial charge is 0.191 e. The molecule has 2 heterocycles. The molecule has 0 radical (unpaired) electrons. The van der Waals surface area contributed by atoms with Gasteiger partial charge in [0.1, 0.15) is 17.8 Å². The number of rotatable bonds is 6. The van der Waals surface area contributed by atoms with Crippen molar-refractivity contribution in [2.24, 2.45) is 7.05 Å². The third-order valence-electron chi connectivity index (χ3n) is 4.44. The first-order valence-electron chi connectivity index (χ1n) is 8.82. The van der Waals surface area contributed by atoms with E-state index in [0.29, 0.717) is 0 Å². The van der Waals surface area contributed by atoms with Gasteiger partial charge in [0.05, 0.1) is 19.0 Å². The molecule has 0 aliphatic rings. The van der Waals surface area contributed by atoms with Crippen LogP contribution < -0.4 is 4.74 Å². The highest BCUT2D eigenvalue weighted by Crippen LogP contribution is 2.34. The first-order chi connectivity index (χ1) is 13.6. The molecule has 0 bridgehead atoms. The minimum absolute atomic E-state index is 0.229. The number of aromatic nitrogens is 6. The number of nitrogens with zero attached hydrogens (tertiary/aromatic N) is 6. The van der Waals surface area contributed by atoms with Crippen LogP contribution in [0, 0.1) is 0 Å². The van der Waals surface area contributed by atoms with Crippen molar-refractivity contribution in [1.82, 2.24) is 29.8 Å². The van der Waals surface area contributed by atoms with Gasteiger partial charge in [-0.2, -0.15) is 0 Å². The van der Waals surface area contributed by atoms with Crippen molar-refractivity contribution in [2.75, 3.05) is 7.11 Å². The Morgan fingerprint density at radius 1 is 1.07 bits per heavy atom. The van der Waals surface area contributed by atoms with Gasteiger partial charge in [-0.15, -0.1) is 15.3 Å². The highest BCUT2D eigenvalue weighted by molar-refractivity contribution is 7.99. The average molecular weight is 392 g/mol. The number of benzene rings is 2. The molecule has 0 aliphatic carbocycles. The molecule has 1 atom stereocenters. The minimum atomic E-state index is 0.229. The predicted molar refractivity (Wildman–Crippen MR) is 109 cm³/mol. The number of thioether (sulfide) groups is 1. The van der Waals surface area contributed by atoms with E-state index in [1.807, 2.05) is 54.2 Å². The molecule has 0 saturated heterocycles. The second-order valence-corrected chi connectivity index (χ2v) is 7.66. The van der Waals surface area contributed by atoms with Crippen LogP contribution in [-0.4, -0.2) is 36.9 Å². The van der Waals surface area contributed by atoms with E-state index in [-0.39, 0.29) is 5.25 Å². The van der Waals surface area contributed by atoms with E-state index in [1.165, 1.54) is 5.56 Å². The Morgan fingerprint density at radius 2 is 1.89 bits per heavy atom. The highest BCUT2D eigenvalue weighted by atomic mass is 32.2. The monoisotopic (exact) mass is 392 g/mol. The molecule has 7 nitrogen and oxygen atoms in total. The molecule has 8 heteroatoms. The van der Waals surface area contributed by atoms with E-state index in [4.69, 9.17) is 4.74 Å². The first kappa shape index (κ1) is 18.2. The standard InChI is InChI=1S/C20H20N6OS/c1-14(28-20-23-21-13-25(20)2)16-5-4-6-17(11-16)26-12-19(22-24-26)15-7-9-18(27-3)10-8-15/h4-14H,1-3H3. The molecular weight excluding hydrogens is 372 g/mol. The molecule has 28 heavy (non-hydrogen) atoms. The first-order valence-corrected chi connectivity index (χ1v) is 9.70. The number of hydrogen-bond acceptors (Lipinski definition) is 6. The third kappa shape index (κ3) is 3.77. The van der Waals surface area contributed by atoms with Gasteiger partial charge >= 0.3 is 0 Å². The molecule has 2 aromatic heterocycles. The number of aryl methyl sites for hydroxylation is 1. The summed E-state index contributed by atoms with van der Waals surface area (Å²) < 4.78 is 8.92. The fraction of sp³-hybridized carbons (Fsp3) is 0.200. The summed E-state index contributed by atoms with van der Waals surface area (Å²) in [5.74, 6) is 0.818. The summed E-state index contributed by atoms with van der Waals surface area (Å²) in [4.78, 5) is 0. The van der Waals surface area contributed by atoms with Crippen LogP contribution in [0.25, 0.3) is 16.9 Å². The average Bonchev–Trinajstić information content (AvgIpc) is 3.38. The van der Waals surface area contributed by atoms with Crippen LogP contribution >= 0.6 is 11.8 Å². The van der Waals surface area contributed by atoms with E-state index < -0.39 is 0 Å². The topological polar surface area (TPSA) is 70.7 Å². The van der Waals surface area contributed by atoms with E-state index in [2.05, 4.69) is 39.6 Å². The van der Waals surface area contributed by atoms with Gasteiger partial charge in [0, 0.05) is 17.9 Å². The molecule has 142 valence electrons. The highest BCUT2D eigenvalue weighted by Gasteiger charge is 2.13. The molecule has 0 N–H and O–H groups in total. The largest absolute Gasteiger partial charge is 0.497 e. The Hall–Kier alpha value is -3.13. The summed E-state index contributed by atoms with van der Waals surface area (Å²) in [5.41, 5.74) is 3.96. The van der Waals surface area contributed by atoms with E-state index in [1.54, 1.807) is 29.9 Å². The van der Waals surface area contributed by atoms with Crippen molar-refractivity contribution in [3.05, 3.63) is 66.6 Å². The molecular formula is C20H20N6OS. The lowest BCUT2D eigenvalue weighted by molar-refractivity contribution is 0.415. The molecule has 2 aromatic carbocycles. The molecule has 1 unspecified atom stereocenters. The van der Waals surface area contributed by atoms with E-state index >= 15 is 0 Å². The maximum absolute atomic E-state index is 5.21. The van der Waals surface area contributed by atoms with Crippen molar-refractivity contribution >= 4 is 11.8 Å². The lowest BCUT2D eigenvalue weighted by Gasteiger charge is -2.12. The summed E-state index contributed by atoms with van der Waals surface area (Å²) in [5, 5.41) is 17.8. The summed E-state index contributed by atoms with van der Waals surface area (Å²) in [7, 11) is 3.60. The van der Waals surface area contributed by atoms with Crippen LogP contribution in [0.15, 0.2) is 66.2 Å². The predicted octanol–water partition coefficient (Wildman–Crippen LogP) is 3.92. The van der Waals surface area contributed by atoms with Gasteiger partial charge in [0.25, 0.3) is 0 Å². The quantitative estimate of drug-likeness (QED) is 0.463. The summed E-state index contributed by atoms with van der Waals surface area (Å²) in [6, 6.07) is 16.1. The van der Waals surface area contributed by atoms with Crippen LogP contribution in [0.5, 0.6) is 5.75 Å². The Labute approximate surface area is 167 Å². The molecule has 0 saturated carbocycles. The Balaban J connectivity index is 1.56. The summed E-state index contributed by atoms with van der Waals surface area (Å²) in [6.07, 6.45) is 3.64. The minimum Gasteiger partial charge on any atom is -0.497 e. The molecule has 0 aliphatic heterocycles. The maximum Gasteiger partial charge on any atom is 0.191 e. The van der Waals surface area contributed by atoms with Crippen LogP contribution in [-0.2, 0) is 7.05 Å². The van der Waals surface area contributed by atoms with Crippen LogP contribution in [0.1, 0.15) is 17.7 Å². The second kappa shape index (κ2) is 7.85. The molecule has 0 fully saturated rings. The van der Waals surface area contributed by atoms with Gasteiger partial charge in [-0.1, -0.05) is 29.1 Å². The molecule has 4 aromatic rings. The van der Waals surface area contributed by atoms with Gasteiger partial charge in [0.15, 0.2) is 5.16 Å². The summed E-state index contributed by atoms with van der Waals surface area (Å²) in [6.45, 7) is 2.16. The van der Waals surface area contributed by atoms with Crippen molar-refractivity contribution in [2.45, 2.75) is 17.3 Å². The number of methoxy groups -OCH3 is 1. The van der Waals surface area contributed by atoms with Crippen molar-refractivity contribution < 1.29 is 4.74 Å². The SMILES string of the molecule is COc1ccc(-c2cn(-c3cccc(C(C)Sc4nncn4C)c3)nn2)cc1. The fourth-order valence-corrected chi connectivity index (χ4v) is 3.72. The zero-order valence-electron chi connectivity index (χ0n) is 15.9. The van der Waals surface area contributed by atoms with E-state index in [0.717, 1.165) is 27.9 Å². The Kier molecular flexibility index (Phi) is 5.12. The van der Waals surface area contributed by atoms with Gasteiger partial charge in [0.2, 0.25) is 0 Å².